The number of aryl methyl sites for hydroxylation is 1. The largest absolute Gasteiger partial charge is 0.342 e. The molecule has 3 aliphatic rings. The summed E-state index contributed by atoms with van der Waals surface area (Å²) in [5.41, 5.74) is 2.63. The van der Waals surface area contributed by atoms with Gasteiger partial charge >= 0.3 is 0 Å². The van der Waals surface area contributed by atoms with Crippen molar-refractivity contribution in [3.63, 3.8) is 0 Å². The second-order valence-corrected chi connectivity index (χ2v) is 8.75. The molecule has 6 nitrogen and oxygen atoms in total. The van der Waals surface area contributed by atoms with Crippen LogP contribution in [0.15, 0.2) is 6.20 Å². The number of likely N-dealkylation sites (tertiary alicyclic amines) is 3. The molecule has 0 bridgehead atoms. The summed E-state index contributed by atoms with van der Waals surface area (Å²) in [5.74, 6) is 0.676. The lowest BCUT2D eigenvalue weighted by Crippen LogP contribution is -2.51. The van der Waals surface area contributed by atoms with E-state index in [0.29, 0.717) is 11.9 Å². The smallest absolute Gasteiger partial charge is 0.226 e. The number of hydrogen-bond donors (Lipinski definition) is 0. The topological polar surface area (TPSA) is 44.6 Å². The highest BCUT2D eigenvalue weighted by molar-refractivity contribution is 5.79. The molecule has 150 valence electrons. The first kappa shape index (κ1) is 18.9. The van der Waals surface area contributed by atoms with Crippen LogP contribution in [-0.2, 0) is 18.4 Å². The Morgan fingerprint density at radius 1 is 1.07 bits per heavy atom. The maximum atomic E-state index is 12.8. The monoisotopic (exact) mass is 373 g/mol. The van der Waals surface area contributed by atoms with Gasteiger partial charge < -0.3 is 4.90 Å². The van der Waals surface area contributed by atoms with Gasteiger partial charge in [-0.1, -0.05) is 0 Å². The molecule has 1 aromatic heterocycles. The van der Waals surface area contributed by atoms with Gasteiger partial charge in [-0.25, -0.2) is 0 Å². The Labute approximate surface area is 163 Å². The molecule has 6 heteroatoms. The fraction of sp³-hybridized carbons (Fsp3) is 0.810. The van der Waals surface area contributed by atoms with Crippen LogP contribution in [-0.4, -0.2) is 75.7 Å². The molecule has 0 N–H and O–H groups in total. The molecule has 3 aliphatic heterocycles. The number of hydrogen-bond acceptors (Lipinski definition) is 4. The minimum absolute atomic E-state index is 0.243. The van der Waals surface area contributed by atoms with Crippen molar-refractivity contribution in [1.82, 2.24) is 24.5 Å². The van der Waals surface area contributed by atoms with Crippen LogP contribution in [0.4, 0.5) is 0 Å². The van der Waals surface area contributed by atoms with Crippen molar-refractivity contribution in [2.45, 2.75) is 58.0 Å². The van der Waals surface area contributed by atoms with Gasteiger partial charge in [-0.3, -0.25) is 19.3 Å². The maximum absolute atomic E-state index is 12.8. The van der Waals surface area contributed by atoms with Crippen LogP contribution in [0, 0.1) is 12.8 Å². The Morgan fingerprint density at radius 2 is 1.81 bits per heavy atom. The number of carbonyl (C=O) groups excluding carboxylic acids is 1. The zero-order chi connectivity index (χ0) is 18.8. The summed E-state index contributed by atoms with van der Waals surface area (Å²) in [6.45, 7) is 9.62. The maximum Gasteiger partial charge on any atom is 0.226 e. The van der Waals surface area contributed by atoms with Crippen molar-refractivity contribution in [2.75, 3.05) is 39.3 Å². The van der Waals surface area contributed by atoms with Gasteiger partial charge in [0.2, 0.25) is 5.91 Å². The lowest BCUT2D eigenvalue weighted by molar-refractivity contribution is -0.136. The summed E-state index contributed by atoms with van der Waals surface area (Å²) in [5, 5.41) is 4.37. The van der Waals surface area contributed by atoms with Crippen LogP contribution < -0.4 is 0 Å². The van der Waals surface area contributed by atoms with E-state index in [1.165, 1.54) is 49.9 Å². The highest BCUT2D eigenvalue weighted by Crippen LogP contribution is 2.26. The third kappa shape index (κ3) is 4.21. The van der Waals surface area contributed by atoms with E-state index in [1.54, 1.807) is 0 Å². The standard InChI is InChI=1S/C21H35N5O/c1-17-19(14-22-23(17)2)15-24-12-7-20(8-13-24)26-11-5-6-18(16-26)21(27)25-9-3-4-10-25/h14,18,20H,3-13,15-16H2,1-2H3. The highest BCUT2D eigenvalue weighted by Gasteiger charge is 2.34. The number of aromatic nitrogens is 2. The molecule has 1 aromatic rings. The minimum atomic E-state index is 0.243. The Bertz CT molecular complexity index is 643. The fourth-order valence-corrected chi connectivity index (χ4v) is 5.12. The van der Waals surface area contributed by atoms with Crippen molar-refractivity contribution in [1.29, 1.82) is 0 Å². The predicted octanol–water partition coefficient (Wildman–Crippen LogP) is 2.03. The van der Waals surface area contributed by atoms with Gasteiger partial charge in [0.05, 0.1) is 12.1 Å². The normalized spacial score (nSPS) is 26.0. The van der Waals surface area contributed by atoms with E-state index in [4.69, 9.17) is 0 Å². The lowest BCUT2D eigenvalue weighted by atomic mass is 9.93. The van der Waals surface area contributed by atoms with Gasteiger partial charge in [0, 0.05) is 50.5 Å². The molecular weight excluding hydrogens is 338 g/mol. The van der Waals surface area contributed by atoms with Gasteiger partial charge in [-0.05, 0) is 65.1 Å². The van der Waals surface area contributed by atoms with Crippen molar-refractivity contribution >= 4 is 5.91 Å². The Balaban J connectivity index is 1.27. The van der Waals surface area contributed by atoms with E-state index < -0.39 is 0 Å². The van der Waals surface area contributed by atoms with Crippen LogP contribution in [0.2, 0.25) is 0 Å². The lowest BCUT2D eigenvalue weighted by Gasteiger charge is -2.42. The van der Waals surface area contributed by atoms with Gasteiger partial charge in [0.15, 0.2) is 0 Å². The number of rotatable bonds is 4. The molecule has 1 atom stereocenters. The van der Waals surface area contributed by atoms with E-state index in [9.17, 15) is 4.79 Å². The average Bonchev–Trinajstić information content (AvgIpc) is 3.34. The molecule has 1 amide bonds. The average molecular weight is 374 g/mol. The zero-order valence-electron chi connectivity index (χ0n) is 17.1. The van der Waals surface area contributed by atoms with E-state index in [-0.39, 0.29) is 5.92 Å². The minimum Gasteiger partial charge on any atom is -0.342 e. The first-order valence-electron chi connectivity index (χ1n) is 10.8. The van der Waals surface area contributed by atoms with Crippen molar-refractivity contribution in [2.24, 2.45) is 13.0 Å². The van der Waals surface area contributed by atoms with E-state index in [0.717, 1.165) is 45.7 Å². The Kier molecular flexibility index (Phi) is 5.83. The number of amides is 1. The zero-order valence-corrected chi connectivity index (χ0v) is 17.1. The van der Waals surface area contributed by atoms with E-state index in [2.05, 4.69) is 26.7 Å². The van der Waals surface area contributed by atoms with Crippen LogP contribution in [0.25, 0.3) is 0 Å². The molecule has 0 spiro atoms. The first-order valence-corrected chi connectivity index (χ1v) is 10.8. The summed E-state index contributed by atoms with van der Waals surface area (Å²) in [6.07, 6.45) is 9.12. The first-order chi connectivity index (χ1) is 13.1. The number of carbonyl (C=O) groups is 1. The van der Waals surface area contributed by atoms with Crippen molar-refractivity contribution in [3.8, 4) is 0 Å². The summed E-state index contributed by atoms with van der Waals surface area (Å²) in [6, 6.07) is 0.658. The number of nitrogens with zero attached hydrogens (tertiary/aromatic N) is 5. The molecule has 4 heterocycles. The van der Waals surface area contributed by atoms with Crippen LogP contribution in [0.5, 0.6) is 0 Å². The molecule has 4 rings (SSSR count). The van der Waals surface area contributed by atoms with Crippen molar-refractivity contribution in [3.05, 3.63) is 17.5 Å². The third-order valence-electron chi connectivity index (χ3n) is 7.02. The third-order valence-corrected chi connectivity index (χ3v) is 7.02. The van der Waals surface area contributed by atoms with E-state index in [1.807, 2.05) is 17.9 Å². The highest BCUT2D eigenvalue weighted by atomic mass is 16.2. The molecule has 0 radical (unpaired) electrons. The Morgan fingerprint density at radius 3 is 2.48 bits per heavy atom. The molecule has 3 fully saturated rings. The van der Waals surface area contributed by atoms with Crippen LogP contribution in [0.3, 0.4) is 0 Å². The SMILES string of the molecule is Cc1c(CN2CCC(N3CCCC(C(=O)N4CCCC4)C3)CC2)cnn1C. The van der Waals surface area contributed by atoms with Gasteiger partial charge in [-0.2, -0.15) is 5.10 Å². The second kappa shape index (κ2) is 8.31. The summed E-state index contributed by atoms with van der Waals surface area (Å²) >= 11 is 0. The van der Waals surface area contributed by atoms with Crippen LogP contribution in [0.1, 0.15) is 49.8 Å². The molecule has 1 unspecified atom stereocenters. The molecule has 3 saturated heterocycles. The summed E-state index contributed by atoms with van der Waals surface area (Å²) in [4.78, 5) is 20.1. The fourth-order valence-electron chi connectivity index (χ4n) is 5.12. The van der Waals surface area contributed by atoms with E-state index >= 15 is 0 Å². The van der Waals surface area contributed by atoms with Gasteiger partial charge in [0.1, 0.15) is 0 Å². The molecule has 0 aromatic carbocycles. The predicted molar refractivity (Wildman–Crippen MR) is 106 cm³/mol. The molecule has 27 heavy (non-hydrogen) atoms. The van der Waals surface area contributed by atoms with Crippen LogP contribution >= 0.6 is 0 Å². The van der Waals surface area contributed by atoms with Crippen molar-refractivity contribution < 1.29 is 4.79 Å². The second-order valence-electron chi connectivity index (χ2n) is 8.75. The Hall–Kier alpha value is -1.40. The molecule has 0 saturated carbocycles. The molecular formula is C21H35N5O. The number of piperidine rings is 2. The quantitative estimate of drug-likeness (QED) is 0.810. The molecule has 0 aliphatic carbocycles. The summed E-state index contributed by atoms with van der Waals surface area (Å²) < 4.78 is 1.97. The van der Waals surface area contributed by atoms with Gasteiger partial charge in [0.25, 0.3) is 0 Å². The van der Waals surface area contributed by atoms with Gasteiger partial charge in [-0.15, -0.1) is 0 Å². The summed E-state index contributed by atoms with van der Waals surface area (Å²) in [7, 11) is 2.02.